The number of nitrogens with zero attached hydrogens (tertiary/aromatic N) is 2. The molecule has 2 aromatic heterocycles. The number of hydrogen-bond donors (Lipinski definition) is 2. The van der Waals surface area contributed by atoms with Crippen LogP contribution in [0, 0.1) is 0 Å². The Labute approximate surface area is 168 Å². The first-order valence-corrected chi connectivity index (χ1v) is 12.1. The zero-order valence-corrected chi connectivity index (χ0v) is 17.2. The van der Waals surface area contributed by atoms with Crippen LogP contribution in [0.25, 0.3) is 11.4 Å². The Bertz CT molecular complexity index is 927. The molecule has 0 saturated heterocycles. The SMILES string of the molecule is O=C(CNS(=O)(=O)c1cc(-c2noc(C3CCC3)n2)cs1)NC1CCCCC1. The van der Waals surface area contributed by atoms with Gasteiger partial charge in [-0.2, -0.15) is 4.98 Å². The van der Waals surface area contributed by atoms with Crippen LogP contribution >= 0.6 is 11.3 Å². The number of hydrogen-bond acceptors (Lipinski definition) is 7. The molecular formula is C18H24N4O4S2. The van der Waals surface area contributed by atoms with Gasteiger partial charge in [0, 0.05) is 22.9 Å². The van der Waals surface area contributed by atoms with Gasteiger partial charge in [0.25, 0.3) is 10.0 Å². The highest BCUT2D eigenvalue weighted by atomic mass is 32.2. The highest BCUT2D eigenvalue weighted by molar-refractivity contribution is 7.91. The van der Waals surface area contributed by atoms with Crippen molar-refractivity contribution in [3.8, 4) is 11.4 Å². The van der Waals surface area contributed by atoms with Crippen molar-refractivity contribution < 1.29 is 17.7 Å². The maximum Gasteiger partial charge on any atom is 0.250 e. The number of carbonyl (C=O) groups is 1. The molecule has 0 aromatic carbocycles. The maximum atomic E-state index is 12.5. The normalized spacial score (nSPS) is 18.7. The third-order valence-electron chi connectivity index (χ3n) is 5.39. The summed E-state index contributed by atoms with van der Waals surface area (Å²) < 4.78 is 32.8. The van der Waals surface area contributed by atoms with E-state index < -0.39 is 10.0 Å². The Morgan fingerprint density at radius 1 is 1.18 bits per heavy atom. The minimum Gasteiger partial charge on any atom is -0.352 e. The van der Waals surface area contributed by atoms with E-state index in [1.165, 1.54) is 18.9 Å². The summed E-state index contributed by atoms with van der Waals surface area (Å²) in [5, 5.41) is 8.56. The van der Waals surface area contributed by atoms with E-state index >= 15 is 0 Å². The third kappa shape index (κ3) is 4.44. The van der Waals surface area contributed by atoms with Crippen LogP contribution in [0.2, 0.25) is 0 Å². The lowest BCUT2D eigenvalue weighted by Gasteiger charge is -2.22. The molecule has 2 fully saturated rings. The van der Waals surface area contributed by atoms with E-state index in [2.05, 4.69) is 20.2 Å². The van der Waals surface area contributed by atoms with E-state index in [9.17, 15) is 13.2 Å². The van der Waals surface area contributed by atoms with Gasteiger partial charge in [-0.15, -0.1) is 11.3 Å². The summed E-state index contributed by atoms with van der Waals surface area (Å²) >= 11 is 1.07. The number of amides is 1. The standard InChI is InChI=1S/C18H24N4O4S2/c23-15(20-14-7-2-1-3-8-14)10-19-28(24,25)16-9-13(11-27-16)17-21-18(26-22-17)12-5-4-6-12/h9,11-12,14,19H,1-8,10H2,(H,20,23). The molecule has 10 heteroatoms. The van der Waals surface area contributed by atoms with Crippen LogP contribution in [0.15, 0.2) is 20.2 Å². The second-order valence-corrected chi connectivity index (χ2v) is 10.4. The van der Waals surface area contributed by atoms with Gasteiger partial charge < -0.3 is 9.84 Å². The number of carbonyl (C=O) groups excluding carboxylic acids is 1. The molecule has 0 aliphatic heterocycles. The molecule has 2 aromatic rings. The predicted octanol–water partition coefficient (Wildman–Crippen LogP) is 2.79. The van der Waals surface area contributed by atoms with Gasteiger partial charge in [0.05, 0.1) is 6.54 Å². The van der Waals surface area contributed by atoms with E-state index in [4.69, 9.17) is 4.52 Å². The molecule has 2 heterocycles. The Morgan fingerprint density at radius 3 is 2.68 bits per heavy atom. The van der Waals surface area contributed by atoms with E-state index in [0.717, 1.165) is 49.9 Å². The molecule has 2 aliphatic rings. The highest BCUT2D eigenvalue weighted by Gasteiger charge is 2.26. The van der Waals surface area contributed by atoms with Gasteiger partial charge in [-0.1, -0.05) is 30.8 Å². The van der Waals surface area contributed by atoms with Crippen LogP contribution in [0.3, 0.4) is 0 Å². The molecular weight excluding hydrogens is 400 g/mol. The van der Waals surface area contributed by atoms with Crippen LogP contribution in [-0.2, 0) is 14.8 Å². The summed E-state index contributed by atoms with van der Waals surface area (Å²) in [5.41, 5.74) is 0.603. The van der Waals surface area contributed by atoms with Crippen molar-refractivity contribution in [1.29, 1.82) is 0 Å². The molecule has 1 amide bonds. The Morgan fingerprint density at radius 2 is 1.96 bits per heavy atom. The van der Waals surface area contributed by atoms with Crippen molar-refractivity contribution in [1.82, 2.24) is 20.2 Å². The summed E-state index contributed by atoms with van der Waals surface area (Å²) in [4.78, 5) is 16.4. The molecule has 0 radical (unpaired) electrons. The van der Waals surface area contributed by atoms with Gasteiger partial charge in [0.15, 0.2) is 0 Å². The van der Waals surface area contributed by atoms with E-state index in [-0.39, 0.29) is 22.7 Å². The fourth-order valence-corrected chi connectivity index (χ4v) is 5.69. The van der Waals surface area contributed by atoms with Crippen molar-refractivity contribution in [2.45, 2.75) is 67.5 Å². The Hall–Kier alpha value is -1.78. The summed E-state index contributed by atoms with van der Waals surface area (Å²) in [5.74, 6) is 1.05. The largest absolute Gasteiger partial charge is 0.352 e. The predicted molar refractivity (Wildman–Crippen MR) is 104 cm³/mol. The Kier molecular flexibility index (Phi) is 5.79. The van der Waals surface area contributed by atoms with Gasteiger partial charge in [0.2, 0.25) is 17.6 Å². The molecule has 0 unspecified atom stereocenters. The Balaban J connectivity index is 1.35. The van der Waals surface area contributed by atoms with Crippen LogP contribution in [0.1, 0.15) is 63.2 Å². The fourth-order valence-electron chi connectivity index (χ4n) is 3.51. The van der Waals surface area contributed by atoms with Gasteiger partial charge in [0.1, 0.15) is 4.21 Å². The first-order valence-electron chi connectivity index (χ1n) is 9.73. The smallest absolute Gasteiger partial charge is 0.250 e. The lowest BCUT2D eigenvalue weighted by molar-refractivity contribution is -0.120. The summed E-state index contributed by atoms with van der Waals surface area (Å²) in [6.45, 7) is -0.264. The van der Waals surface area contributed by atoms with Crippen LogP contribution in [0.4, 0.5) is 0 Å². The zero-order valence-electron chi connectivity index (χ0n) is 15.5. The summed E-state index contributed by atoms with van der Waals surface area (Å²) in [7, 11) is -3.76. The molecule has 0 bridgehead atoms. The second kappa shape index (κ2) is 8.30. The molecule has 2 saturated carbocycles. The van der Waals surface area contributed by atoms with E-state index in [1.807, 2.05) is 0 Å². The van der Waals surface area contributed by atoms with Crippen molar-refractivity contribution in [2.75, 3.05) is 6.54 Å². The van der Waals surface area contributed by atoms with Crippen molar-refractivity contribution in [3.05, 3.63) is 17.3 Å². The molecule has 8 nitrogen and oxygen atoms in total. The number of sulfonamides is 1. The van der Waals surface area contributed by atoms with Crippen LogP contribution in [0.5, 0.6) is 0 Å². The second-order valence-electron chi connectivity index (χ2n) is 7.47. The average Bonchev–Trinajstić information content (AvgIpc) is 3.29. The van der Waals surface area contributed by atoms with Gasteiger partial charge in [-0.05, 0) is 31.7 Å². The van der Waals surface area contributed by atoms with Crippen molar-refractivity contribution in [2.24, 2.45) is 0 Å². The van der Waals surface area contributed by atoms with Crippen LogP contribution in [-0.4, -0.2) is 37.1 Å². The number of rotatable bonds is 7. The van der Waals surface area contributed by atoms with E-state index in [1.54, 1.807) is 5.38 Å². The minimum atomic E-state index is -3.76. The highest BCUT2D eigenvalue weighted by Crippen LogP contribution is 2.36. The summed E-state index contributed by atoms with van der Waals surface area (Å²) in [6.07, 6.45) is 8.60. The topological polar surface area (TPSA) is 114 Å². The molecule has 28 heavy (non-hydrogen) atoms. The fraction of sp³-hybridized carbons (Fsp3) is 0.611. The zero-order chi connectivity index (χ0) is 19.6. The number of aromatic nitrogens is 2. The van der Waals surface area contributed by atoms with Crippen LogP contribution < -0.4 is 10.0 Å². The molecule has 2 N–H and O–H groups in total. The molecule has 0 spiro atoms. The van der Waals surface area contributed by atoms with E-state index in [0.29, 0.717) is 23.2 Å². The molecule has 4 rings (SSSR count). The molecule has 152 valence electrons. The van der Waals surface area contributed by atoms with Crippen molar-refractivity contribution >= 4 is 27.3 Å². The first kappa shape index (κ1) is 19.5. The lowest BCUT2D eigenvalue weighted by Crippen LogP contribution is -2.42. The number of nitrogens with one attached hydrogen (secondary N) is 2. The van der Waals surface area contributed by atoms with Crippen molar-refractivity contribution in [3.63, 3.8) is 0 Å². The molecule has 0 atom stereocenters. The van der Waals surface area contributed by atoms with Gasteiger partial charge in [-0.3, -0.25) is 4.79 Å². The first-order chi connectivity index (χ1) is 13.5. The van der Waals surface area contributed by atoms with Gasteiger partial charge in [-0.25, -0.2) is 13.1 Å². The quantitative estimate of drug-likeness (QED) is 0.706. The number of thiophene rings is 1. The lowest BCUT2D eigenvalue weighted by atomic mass is 9.85. The summed E-state index contributed by atoms with van der Waals surface area (Å²) in [6, 6.07) is 1.67. The van der Waals surface area contributed by atoms with Gasteiger partial charge >= 0.3 is 0 Å². The third-order valence-corrected chi connectivity index (χ3v) is 8.23. The minimum absolute atomic E-state index is 0.128. The molecule has 2 aliphatic carbocycles. The monoisotopic (exact) mass is 424 g/mol. The maximum absolute atomic E-state index is 12.5. The average molecular weight is 425 g/mol.